The molecule has 1 heterocycles. The second-order valence-electron chi connectivity index (χ2n) is 5.27. The van der Waals surface area contributed by atoms with Gasteiger partial charge in [-0.2, -0.15) is 5.26 Å². The summed E-state index contributed by atoms with van der Waals surface area (Å²) in [5.41, 5.74) is -0.455. The molecule has 7 heteroatoms. The van der Waals surface area contributed by atoms with Crippen LogP contribution in [0.4, 0.5) is 0 Å². The molecule has 1 aromatic rings. The van der Waals surface area contributed by atoms with E-state index in [1.54, 1.807) is 6.26 Å². The molecule has 22 heavy (non-hydrogen) atoms. The summed E-state index contributed by atoms with van der Waals surface area (Å²) in [5.74, 6) is 0.255. The topological polar surface area (TPSA) is 85.0 Å². The largest absolute Gasteiger partial charge is 0.468 e. The summed E-state index contributed by atoms with van der Waals surface area (Å²) in [6, 6.07) is 1.91. The van der Waals surface area contributed by atoms with Gasteiger partial charge in [0, 0.05) is 5.92 Å². The van der Waals surface area contributed by atoms with Crippen LogP contribution >= 0.6 is 11.8 Å². The maximum absolute atomic E-state index is 12.6. The Bertz CT molecular complexity index is 657. The van der Waals surface area contributed by atoms with Crippen molar-refractivity contribution in [1.29, 1.82) is 5.26 Å². The van der Waals surface area contributed by atoms with Crippen LogP contribution in [0.2, 0.25) is 0 Å². The average molecular weight is 321 g/mol. The van der Waals surface area contributed by atoms with Gasteiger partial charge >= 0.3 is 5.97 Å². The number of aromatic nitrogens is 2. The number of rotatable bonds is 4. The van der Waals surface area contributed by atoms with Crippen LogP contribution in [0.25, 0.3) is 0 Å². The molecule has 1 saturated carbocycles. The third-order valence-electron chi connectivity index (χ3n) is 3.96. The molecule has 0 N–H and O–H groups in total. The van der Waals surface area contributed by atoms with Crippen LogP contribution in [0.5, 0.6) is 0 Å². The number of esters is 1. The summed E-state index contributed by atoms with van der Waals surface area (Å²) in [4.78, 5) is 28.7. The van der Waals surface area contributed by atoms with E-state index in [1.807, 2.05) is 6.07 Å². The number of nitriles is 1. The summed E-state index contributed by atoms with van der Waals surface area (Å²) < 4.78 is 5.99. The van der Waals surface area contributed by atoms with Crippen molar-refractivity contribution >= 4 is 17.7 Å². The summed E-state index contributed by atoms with van der Waals surface area (Å²) in [6.45, 7) is -0.197. The fraction of sp³-hybridized carbons (Fsp3) is 0.600. The normalized spacial score (nSPS) is 15.3. The Labute approximate surface area is 133 Å². The highest BCUT2D eigenvalue weighted by Gasteiger charge is 2.25. The predicted molar refractivity (Wildman–Crippen MR) is 82.8 cm³/mol. The molecule has 0 spiro atoms. The summed E-state index contributed by atoms with van der Waals surface area (Å²) >= 11 is 1.28. The Morgan fingerprint density at radius 2 is 2.14 bits per heavy atom. The molecule has 0 aliphatic heterocycles. The van der Waals surface area contributed by atoms with E-state index in [1.165, 1.54) is 29.9 Å². The average Bonchev–Trinajstić information content (AvgIpc) is 2.56. The first-order chi connectivity index (χ1) is 10.6. The van der Waals surface area contributed by atoms with Crippen LogP contribution in [0.1, 0.15) is 49.4 Å². The van der Waals surface area contributed by atoms with Gasteiger partial charge in [0.15, 0.2) is 0 Å². The second kappa shape index (κ2) is 7.45. The van der Waals surface area contributed by atoms with Crippen LogP contribution in [0.15, 0.2) is 9.82 Å². The number of methoxy groups -OCH3 is 1. The lowest BCUT2D eigenvalue weighted by atomic mass is 9.88. The van der Waals surface area contributed by atoms with Crippen molar-refractivity contribution in [3.8, 4) is 6.07 Å². The van der Waals surface area contributed by atoms with Gasteiger partial charge in [-0.15, -0.1) is 11.8 Å². The minimum absolute atomic E-state index is 0.00374. The molecule has 0 unspecified atom stereocenters. The molecule has 1 aliphatic rings. The lowest BCUT2D eigenvalue weighted by molar-refractivity contribution is -0.141. The third kappa shape index (κ3) is 3.33. The van der Waals surface area contributed by atoms with Crippen molar-refractivity contribution < 1.29 is 9.53 Å². The van der Waals surface area contributed by atoms with Crippen LogP contribution in [0, 0.1) is 11.3 Å². The third-order valence-corrected chi connectivity index (χ3v) is 4.64. The molecule has 2 rings (SSSR count). The molecule has 1 fully saturated rings. The lowest BCUT2D eigenvalue weighted by Gasteiger charge is -2.24. The molecule has 0 amide bonds. The van der Waals surface area contributed by atoms with Crippen LogP contribution in [-0.2, 0) is 16.1 Å². The van der Waals surface area contributed by atoms with E-state index in [4.69, 9.17) is 0 Å². The number of carbonyl (C=O) groups excluding carboxylic acids is 1. The quantitative estimate of drug-likeness (QED) is 0.479. The Hall–Kier alpha value is -1.81. The molecule has 0 aromatic carbocycles. The molecular formula is C15H19N3O3S. The SMILES string of the molecule is COC(=O)Cn1c(C2CCCCC2)nc(SC)c(C#N)c1=O. The van der Waals surface area contributed by atoms with E-state index >= 15 is 0 Å². The first kappa shape index (κ1) is 16.6. The Morgan fingerprint density at radius 3 is 2.68 bits per heavy atom. The lowest BCUT2D eigenvalue weighted by Crippen LogP contribution is -2.33. The Kier molecular flexibility index (Phi) is 5.61. The number of hydrogen-bond donors (Lipinski definition) is 0. The minimum Gasteiger partial charge on any atom is -0.468 e. The Morgan fingerprint density at radius 1 is 1.45 bits per heavy atom. The molecule has 0 bridgehead atoms. The van der Waals surface area contributed by atoms with Gasteiger partial charge < -0.3 is 4.74 Å². The molecular weight excluding hydrogens is 302 g/mol. The van der Waals surface area contributed by atoms with Gasteiger partial charge in [-0.3, -0.25) is 14.2 Å². The van der Waals surface area contributed by atoms with E-state index in [2.05, 4.69) is 9.72 Å². The zero-order valence-electron chi connectivity index (χ0n) is 12.8. The molecule has 1 aliphatic carbocycles. The highest BCUT2D eigenvalue weighted by atomic mass is 32.2. The van der Waals surface area contributed by atoms with Crippen LogP contribution in [0.3, 0.4) is 0 Å². The molecule has 6 nitrogen and oxygen atoms in total. The van der Waals surface area contributed by atoms with Gasteiger partial charge in [0.25, 0.3) is 5.56 Å². The summed E-state index contributed by atoms with van der Waals surface area (Å²) in [5, 5.41) is 9.65. The number of nitrogens with zero attached hydrogens (tertiary/aromatic N) is 3. The van der Waals surface area contributed by atoms with Gasteiger partial charge in [0.2, 0.25) is 0 Å². The van der Waals surface area contributed by atoms with Crippen molar-refractivity contribution in [2.24, 2.45) is 0 Å². The summed E-state index contributed by atoms with van der Waals surface area (Å²) in [6.07, 6.45) is 7.06. The zero-order chi connectivity index (χ0) is 16.1. The van der Waals surface area contributed by atoms with Crippen molar-refractivity contribution in [3.05, 3.63) is 21.7 Å². The monoisotopic (exact) mass is 321 g/mol. The number of hydrogen-bond acceptors (Lipinski definition) is 6. The highest BCUT2D eigenvalue weighted by Crippen LogP contribution is 2.32. The maximum atomic E-state index is 12.6. The number of thioether (sulfide) groups is 1. The predicted octanol–water partition coefficient (Wildman–Crippen LogP) is 2.06. The van der Waals surface area contributed by atoms with E-state index in [0.717, 1.165) is 25.7 Å². The second-order valence-corrected chi connectivity index (χ2v) is 6.06. The first-order valence-corrected chi connectivity index (χ1v) is 8.50. The van der Waals surface area contributed by atoms with Gasteiger partial charge in [-0.05, 0) is 19.1 Å². The number of carbonyl (C=O) groups is 1. The number of ether oxygens (including phenoxy) is 1. The van der Waals surface area contributed by atoms with Gasteiger partial charge in [-0.1, -0.05) is 19.3 Å². The van der Waals surface area contributed by atoms with E-state index in [9.17, 15) is 14.9 Å². The standard InChI is InChI=1S/C15H19N3O3S/c1-21-12(19)9-18-13(10-6-4-3-5-7-10)17-14(22-2)11(8-16)15(18)20/h10H,3-7,9H2,1-2H3. The molecule has 118 valence electrons. The van der Waals surface area contributed by atoms with E-state index in [0.29, 0.717) is 10.9 Å². The van der Waals surface area contributed by atoms with Crippen molar-refractivity contribution in [1.82, 2.24) is 9.55 Å². The van der Waals surface area contributed by atoms with E-state index in [-0.39, 0.29) is 18.0 Å². The van der Waals surface area contributed by atoms with Gasteiger partial charge in [0.05, 0.1) is 7.11 Å². The molecule has 0 radical (unpaired) electrons. The minimum atomic E-state index is -0.512. The molecule has 0 saturated heterocycles. The van der Waals surface area contributed by atoms with Crippen LogP contribution < -0.4 is 5.56 Å². The van der Waals surface area contributed by atoms with Crippen molar-refractivity contribution in [2.45, 2.75) is 49.6 Å². The molecule has 0 atom stereocenters. The fourth-order valence-corrected chi connectivity index (χ4v) is 3.33. The van der Waals surface area contributed by atoms with E-state index < -0.39 is 11.5 Å². The highest BCUT2D eigenvalue weighted by molar-refractivity contribution is 7.98. The van der Waals surface area contributed by atoms with Gasteiger partial charge in [0.1, 0.15) is 29.0 Å². The smallest absolute Gasteiger partial charge is 0.325 e. The Balaban J connectivity index is 2.57. The first-order valence-electron chi connectivity index (χ1n) is 7.28. The van der Waals surface area contributed by atoms with Crippen molar-refractivity contribution in [3.63, 3.8) is 0 Å². The van der Waals surface area contributed by atoms with Crippen LogP contribution in [-0.4, -0.2) is 28.9 Å². The van der Waals surface area contributed by atoms with Gasteiger partial charge in [-0.25, -0.2) is 4.98 Å². The maximum Gasteiger partial charge on any atom is 0.325 e. The van der Waals surface area contributed by atoms with Crippen molar-refractivity contribution in [2.75, 3.05) is 13.4 Å². The fourth-order valence-electron chi connectivity index (χ4n) is 2.81. The summed E-state index contributed by atoms with van der Waals surface area (Å²) in [7, 11) is 1.28. The molecule has 1 aromatic heterocycles. The zero-order valence-corrected chi connectivity index (χ0v) is 13.6.